The van der Waals surface area contributed by atoms with E-state index in [0.29, 0.717) is 36.3 Å². The normalized spacial score (nSPS) is 21.9. The van der Waals surface area contributed by atoms with Gasteiger partial charge in [-0.2, -0.15) is 0 Å². The molecule has 0 radical (unpaired) electrons. The number of carbonyl (C=O) groups is 1. The highest BCUT2D eigenvalue weighted by molar-refractivity contribution is 6.32. The largest absolute Gasteiger partial charge is 0.363 e. The summed E-state index contributed by atoms with van der Waals surface area (Å²) in [5, 5.41) is 3.23. The number of anilines is 2. The third kappa shape index (κ3) is 4.37. The van der Waals surface area contributed by atoms with Gasteiger partial charge >= 0.3 is 0 Å². The van der Waals surface area contributed by atoms with Crippen molar-refractivity contribution in [3.63, 3.8) is 0 Å². The maximum Gasteiger partial charge on any atom is 0.224 e. The van der Waals surface area contributed by atoms with Crippen LogP contribution >= 0.6 is 11.6 Å². The third-order valence-electron chi connectivity index (χ3n) is 4.71. The van der Waals surface area contributed by atoms with Gasteiger partial charge in [0.1, 0.15) is 0 Å². The Hall–Kier alpha value is -1.37. The predicted molar refractivity (Wildman–Crippen MR) is 93.4 cm³/mol. The number of methoxy groups -OCH3 is 1. The average Bonchev–Trinajstić information content (AvgIpc) is 3.09. The quantitative estimate of drug-likeness (QED) is 0.824. The predicted octanol–water partition coefficient (Wildman–Crippen LogP) is 3.06. The Bertz CT molecular complexity index is 578. The molecule has 1 aliphatic heterocycles. The lowest BCUT2D eigenvalue weighted by Crippen LogP contribution is -2.43. The first kappa shape index (κ1) is 17.5. The highest BCUT2D eigenvalue weighted by atomic mass is 35.5. The summed E-state index contributed by atoms with van der Waals surface area (Å²) >= 11 is 6.16. The minimum absolute atomic E-state index is 0.0134. The Kier molecular flexibility index (Phi) is 5.92. The summed E-state index contributed by atoms with van der Waals surface area (Å²) in [6.07, 6.45) is 6.77. The second-order valence-corrected chi connectivity index (χ2v) is 6.77. The molecule has 1 aliphatic carbocycles. The monoisotopic (exact) mass is 353 g/mol. The van der Waals surface area contributed by atoms with Crippen LogP contribution < -0.4 is 10.2 Å². The van der Waals surface area contributed by atoms with Crippen molar-refractivity contribution >= 4 is 28.9 Å². The van der Waals surface area contributed by atoms with Crippen LogP contribution in [0.4, 0.5) is 11.4 Å². The van der Waals surface area contributed by atoms with E-state index in [0.717, 1.165) is 25.1 Å². The number of ether oxygens (including phenoxy) is 2. The number of aromatic nitrogens is 1. The van der Waals surface area contributed by atoms with Crippen LogP contribution in [0.15, 0.2) is 12.3 Å². The van der Waals surface area contributed by atoms with E-state index in [1.807, 2.05) is 6.07 Å². The Labute approximate surface area is 147 Å². The first-order valence-corrected chi connectivity index (χ1v) is 8.88. The highest BCUT2D eigenvalue weighted by Gasteiger charge is 2.22. The summed E-state index contributed by atoms with van der Waals surface area (Å²) in [4.78, 5) is 18.6. The van der Waals surface area contributed by atoms with Gasteiger partial charge in [0.05, 0.1) is 30.7 Å². The fourth-order valence-electron chi connectivity index (χ4n) is 3.37. The zero-order chi connectivity index (χ0) is 16.9. The molecule has 132 valence electrons. The summed E-state index contributed by atoms with van der Waals surface area (Å²) in [6, 6.07) is 1.87. The topological polar surface area (TPSA) is 63.7 Å². The Morgan fingerprint density at radius 2 is 2.29 bits per heavy atom. The van der Waals surface area contributed by atoms with Gasteiger partial charge in [-0.15, -0.1) is 0 Å². The Balaban J connectivity index is 1.65. The molecular formula is C17H24ClN3O3. The second kappa shape index (κ2) is 8.14. The van der Waals surface area contributed by atoms with Crippen LogP contribution in [0, 0.1) is 5.92 Å². The van der Waals surface area contributed by atoms with Crippen molar-refractivity contribution in [3.8, 4) is 0 Å². The molecule has 0 spiro atoms. The van der Waals surface area contributed by atoms with Crippen LogP contribution in [0.2, 0.25) is 5.15 Å². The summed E-state index contributed by atoms with van der Waals surface area (Å²) in [7, 11) is 1.63. The number of morpholine rings is 1. The van der Waals surface area contributed by atoms with E-state index in [-0.39, 0.29) is 12.2 Å². The van der Waals surface area contributed by atoms with Crippen LogP contribution in [-0.2, 0) is 14.3 Å². The first-order chi connectivity index (χ1) is 11.7. The Morgan fingerprint density at radius 1 is 1.50 bits per heavy atom. The molecule has 2 fully saturated rings. The van der Waals surface area contributed by atoms with Gasteiger partial charge in [-0.1, -0.05) is 24.4 Å². The number of carbonyl (C=O) groups excluding carboxylic acids is 1. The third-order valence-corrected chi connectivity index (χ3v) is 5.01. The molecular weight excluding hydrogens is 330 g/mol. The zero-order valence-electron chi connectivity index (χ0n) is 14.0. The molecule has 0 aromatic carbocycles. The number of halogens is 1. The molecule has 3 rings (SSSR count). The van der Waals surface area contributed by atoms with Gasteiger partial charge in [-0.3, -0.25) is 4.79 Å². The minimum atomic E-state index is -0.255. The number of hydrogen-bond acceptors (Lipinski definition) is 5. The SMILES string of the molecule is COC1CN(c2cnc(Cl)c(NC(=O)CC3CCCC3)c2)CCO1. The van der Waals surface area contributed by atoms with Crippen molar-refractivity contribution in [2.24, 2.45) is 5.92 Å². The summed E-state index contributed by atoms with van der Waals surface area (Å²) in [6.45, 7) is 1.96. The van der Waals surface area contributed by atoms with Crippen molar-refractivity contribution in [1.82, 2.24) is 4.98 Å². The zero-order valence-corrected chi connectivity index (χ0v) is 14.7. The van der Waals surface area contributed by atoms with Crippen LogP contribution in [-0.4, -0.2) is 44.0 Å². The van der Waals surface area contributed by atoms with Gasteiger partial charge in [0.15, 0.2) is 11.4 Å². The number of rotatable bonds is 5. The molecule has 1 amide bonds. The molecule has 24 heavy (non-hydrogen) atoms. The number of amides is 1. The van der Waals surface area contributed by atoms with Crippen molar-refractivity contribution in [3.05, 3.63) is 17.4 Å². The van der Waals surface area contributed by atoms with E-state index in [2.05, 4.69) is 15.2 Å². The van der Waals surface area contributed by atoms with Crippen molar-refractivity contribution in [1.29, 1.82) is 0 Å². The van der Waals surface area contributed by atoms with E-state index in [4.69, 9.17) is 21.1 Å². The van der Waals surface area contributed by atoms with Crippen LogP contribution in [0.3, 0.4) is 0 Å². The van der Waals surface area contributed by atoms with E-state index < -0.39 is 0 Å². The van der Waals surface area contributed by atoms with Crippen molar-refractivity contribution < 1.29 is 14.3 Å². The molecule has 7 heteroatoms. The van der Waals surface area contributed by atoms with E-state index >= 15 is 0 Å². The fourth-order valence-corrected chi connectivity index (χ4v) is 3.52. The average molecular weight is 354 g/mol. The van der Waals surface area contributed by atoms with E-state index in [1.165, 1.54) is 12.8 Å². The smallest absolute Gasteiger partial charge is 0.224 e. The van der Waals surface area contributed by atoms with Gasteiger partial charge in [0.2, 0.25) is 5.91 Å². The number of pyridine rings is 1. The molecule has 0 bridgehead atoms. The lowest BCUT2D eigenvalue weighted by Gasteiger charge is -2.33. The maximum atomic E-state index is 12.3. The number of nitrogens with zero attached hydrogens (tertiary/aromatic N) is 2. The maximum absolute atomic E-state index is 12.3. The van der Waals surface area contributed by atoms with E-state index in [1.54, 1.807) is 13.3 Å². The molecule has 1 aromatic rings. The van der Waals surface area contributed by atoms with Gasteiger partial charge in [0.25, 0.3) is 0 Å². The molecule has 1 atom stereocenters. The Morgan fingerprint density at radius 3 is 3.04 bits per heavy atom. The number of hydrogen-bond donors (Lipinski definition) is 1. The molecule has 1 saturated carbocycles. The number of nitrogens with one attached hydrogen (secondary N) is 1. The first-order valence-electron chi connectivity index (χ1n) is 8.50. The molecule has 1 N–H and O–H groups in total. The lowest BCUT2D eigenvalue weighted by molar-refractivity contribution is -0.128. The molecule has 1 aromatic heterocycles. The summed E-state index contributed by atoms with van der Waals surface area (Å²) in [5.74, 6) is 0.515. The summed E-state index contributed by atoms with van der Waals surface area (Å²) in [5.41, 5.74) is 1.47. The molecule has 1 saturated heterocycles. The summed E-state index contributed by atoms with van der Waals surface area (Å²) < 4.78 is 10.7. The van der Waals surface area contributed by atoms with Crippen LogP contribution in [0.1, 0.15) is 32.1 Å². The van der Waals surface area contributed by atoms with Gasteiger partial charge in [0, 0.05) is 20.1 Å². The molecule has 1 unspecified atom stereocenters. The molecule has 2 heterocycles. The highest BCUT2D eigenvalue weighted by Crippen LogP contribution is 2.30. The van der Waals surface area contributed by atoms with Gasteiger partial charge < -0.3 is 19.7 Å². The van der Waals surface area contributed by atoms with Crippen LogP contribution in [0.25, 0.3) is 0 Å². The minimum Gasteiger partial charge on any atom is -0.363 e. The second-order valence-electron chi connectivity index (χ2n) is 6.42. The van der Waals surface area contributed by atoms with Gasteiger partial charge in [-0.05, 0) is 24.8 Å². The fraction of sp³-hybridized carbons (Fsp3) is 0.647. The van der Waals surface area contributed by atoms with E-state index in [9.17, 15) is 4.79 Å². The van der Waals surface area contributed by atoms with Crippen LogP contribution in [0.5, 0.6) is 0 Å². The van der Waals surface area contributed by atoms with Gasteiger partial charge in [-0.25, -0.2) is 4.98 Å². The van der Waals surface area contributed by atoms with Crippen molar-refractivity contribution in [2.45, 2.75) is 38.4 Å². The van der Waals surface area contributed by atoms with Crippen molar-refractivity contribution in [2.75, 3.05) is 37.0 Å². The molecule has 2 aliphatic rings. The standard InChI is InChI=1S/C17H24ClN3O3/c1-23-16-11-21(6-7-24-16)13-9-14(17(18)19-10-13)20-15(22)8-12-4-2-3-5-12/h9-10,12,16H,2-8,11H2,1H3,(H,20,22). The lowest BCUT2D eigenvalue weighted by atomic mass is 10.0. The molecule has 6 nitrogen and oxygen atoms in total.